The Morgan fingerprint density at radius 3 is 2.68 bits per heavy atom. The Hall–Kier alpha value is -2.12. The van der Waals surface area contributed by atoms with Gasteiger partial charge in [0.15, 0.2) is 0 Å². The molecule has 138 valence electrons. The van der Waals surface area contributed by atoms with Crippen molar-refractivity contribution in [1.82, 2.24) is 4.90 Å². The van der Waals surface area contributed by atoms with Gasteiger partial charge in [0.05, 0.1) is 13.2 Å². The van der Waals surface area contributed by atoms with Crippen molar-refractivity contribution in [2.75, 3.05) is 46.6 Å². The number of likely N-dealkylation sites (tertiary alicyclic amines) is 1. The predicted octanol–water partition coefficient (Wildman–Crippen LogP) is 1.42. The quantitative estimate of drug-likeness (QED) is 0.677. The van der Waals surface area contributed by atoms with Gasteiger partial charge in [-0.1, -0.05) is 18.2 Å². The minimum Gasteiger partial charge on any atom is -0.491 e. The number of aliphatic carboxylic acids is 1. The van der Waals surface area contributed by atoms with Gasteiger partial charge in [0.2, 0.25) is 5.91 Å². The zero-order valence-electron chi connectivity index (χ0n) is 14.5. The van der Waals surface area contributed by atoms with Crippen molar-refractivity contribution in [2.24, 2.45) is 5.41 Å². The number of carboxylic acid groups (broad SMARTS) is 1. The molecule has 1 fully saturated rings. The number of piperidine rings is 1. The van der Waals surface area contributed by atoms with E-state index < -0.39 is 11.4 Å². The molecule has 1 aromatic carbocycles. The van der Waals surface area contributed by atoms with Crippen molar-refractivity contribution >= 4 is 11.9 Å². The normalized spacial score (nSPS) is 20.3. The van der Waals surface area contributed by atoms with Crippen LogP contribution >= 0.6 is 0 Å². The first-order valence-corrected chi connectivity index (χ1v) is 8.33. The van der Waals surface area contributed by atoms with E-state index >= 15 is 0 Å². The number of hydrogen-bond donors (Lipinski definition) is 1. The number of hydrogen-bond acceptors (Lipinski definition) is 5. The van der Waals surface area contributed by atoms with Crippen molar-refractivity contribution in [3.63, 3.8) is 0 Å². The second-order valence-electron chi connectivity index (χ2n) is 6.15. The lowest BCUT2D eigenvalue weighted by Gasteiger charge is -2.39. The summed E-state index contributed by atoms with van der Waals surface area (Å²) in [6.07, 6.45) is 1.14. The van der Waals surface area contributed by atoms with Gasteiger partial charge in [-0.2, -0.15) is 0 Å². The minimum atomic E-state index is -1.03. The molecule has 2 rings (SSSR count). The van der Waals surface area contributed by atoms with Crippen LogP contribution in [0.4, 0.5) is 0 Å². The zero-order chi connectivity index (χ0) is 18.1. The minimum absolute atomic E-state index is 0.0825. The third-order valence-corrected chi connectivity index (χ3v) is 4.27. The number of methoxy groups -OCH3 is 1. The van der Waals surface area contributed by atoms with Crippen molar-refractivity contribution in [3.05, 3.63) is 30.3 Å². The fourth-order valence-corrected chi connectivity index (χ4v) is 2.96. The molecule has 0 spiro atoms. The highest BCUT2D eigenvalue weighted by Gasteiger charge is 2.43. The smallest absolute Gasteiger partial charge is 0.313 e. The fourth-order valence-electron chi connectivity index (χ4n) is 2.96. The van der Waals surface area contributed by atoms with Crippen LogP contribution in [0.1, 0.15) is 12.8 Å². The van der Waals surface area contributed by atoms with Crippen LogP contribution in [0, 0.1) is 5.41 Å². The molecule has 1 aromatic rings. The molecule has 1 aliphatic heterocycles. The molecule has 0 aromatic heterocycles. The Labute approximate surface area is 147 Å². The van der Waals surface area contributed by atoms with E-state index in [0.29, 0.717) is 26.0 Å². The summed E-state index contributed by atoms with van der Waals surface area (Å²) in [7, 11) is 1.47. The lowest BCUT2D eigenvalue weighted by Crippen LogP contribution is -2.52. The molecule has 0 aliphatic carbocycles. The van der Waals surface area contributed by atoms with E-state index in [2.05, 4.69) is 0 Å². The van der Waals surface area contributed by atoms with Gasteiger partial charge < -0.3 is 24.2 Å². The van der Waals surface area contributed by atoms with E-state index in [1.54, 1.807) is 4.90 Å². The molecule has 1 saturated heterocycles. The van der Waals surface area contributed by atoms with Crippen LogP contribution in [-0.2, 0) is 19.1 Å². The first kappa shape index (κ1) is 19.2. The van der Waals surface area contributed by atoms with E-state index in [1.165, 1.54) is 7.11 Å². The molecule has 0 bridgehead atoms. The monoisotopic (exact) mass is 351 g/mol. The summed E-state index contributed by atoms with van der Waals surface area (Å²) < 4.78 is 15.9. The highest BCUT2D eigenvalue weighted by Crippen LogP contribution is 2.30. The average molecular weight is 351 g/mol. The van der Waals surface area contributed by atoms with Gasteiger partial charge in [-0.3, -0.25) is 9.59 Å². The Morgan fingerprint density at radius 2 is 2.00 bits per heavy atom. The van der Waals surface area contributed by atoms with E-state index in [1.807, 2.05) is 30.3 Å². The Balaban J connectivity index is 1.73. The summed E-state index contributed by atoms with van der Waals surface area (Å²) in [4.78, 5) is 25.4. The van der Waals surface area contributed by atoms with Gasteiger partial charge >= 0.3 is 5.97 Å². The Morgan fingerprint density at radius 1 is 1.24 bits per heavy atom. The Kier molecular flexibility index (Phi) is 7.21. The molecule has 7 nitrogen and oxygen atoms in total. The summed E-state index contributed by atoms with van der Waals surface area (Å²) in [5.41, 5.74) is -1.03. The SMILES string of the molecule is COCC1(C(=O)O)CCCN(C(=O)COCCOc2ccccc2)C1. The van der Waals surface area contributed by atoms with E-state index in [0.717, 1.165) is 5.75 Å². The Bertz CT molecular complexity index is 560. The van der Waals surface area contributed by atoms with Gasteiger partial charge in [-0.05, 0) is 25.0 Å². The molecular formula is C18H25NO6. The van der Waals surface area contributed by atoms with Crippen molar-refractivity contribution in [3.8, 4) is 5.75 Å². The van der Waals surface area contributed by atoms with Gasteiger partial charge in [0, 0.05) is 20.2 Å². The van der Waals surface area contributed by atoms with Crippen LogP contribution in [-0.4, -0.2) is 68.5 Å². The standard InChI is InChI=1S/C18H25NO6/c1-23-14-18(17(21)22)8-5-9-19(13-18)16(20)12-24-10-11-25-15-6-3-2-4-7-15/h2-4,6-7H,5,8-14H2,1H3,(H,21,22). The molecule has 1 heterocycles. The van der Waals surface area contributed by atoms with Gasteiger partial charge in [0.1, 0.15) is 24.4 Å². The predicted molar refractivity (Wildman–Crippen MR) is 90.5 cm³/mol. The van der Waals surface area contributed by atoms with Crippen LogP contribution in [0.5, 0.6) is 5.75 Å². The molecule has 1 aliphatic rings. The molecule has 0 saturated carbocycles. The number of carbonyl (C=O) groups is 2. The second-order valence-corrected chi connectivity index (χ2v) is 6.15. The second kappa shape index (κ2) is 9.39. The van der Waals surface area contributed by atoms with Crippen molar-refractivity contribution in [1.29, 1.82) is 0 Å². The number of rotatable bonds is 9. The zero-order valence-corrected chi connectivity index (χ0v) is 14.5. The van der Waals surface area contributed by atoms with E-state index in [4.69, 9.17) is 14.2 Å². The molecular weight excluding hydrogens is 326 g/mol. The van der Waals surface area contributed by atoms with E-state index in [-0.39, 0.29) is 32.3 Å². The largest absolute Gasteiger partial charge is 0.491 e. The number of para-hydroxylation sites is 1. The summed E-state index contributed by atoms with van der Waals surface area (Å²) in [6.45, 7) is 1.34. The fraction of sp³-hybridized carbons (Fsp3) is 0.556. The van der Waals surface area contributed by atoms with E-state index in [9.17, 15) is 14.7 Å². The molecule has 0 radical (unpaired) electrons. The maximum Gasteiger partial charge on any atom is 0.313 e. The molecule has 1 N–H and O–H groups in total. The first-order valence-electron chi connectivity index (χ1n) is 8.33. The van der Waals surface area contributed by atoms with Crippen LogP contribution in [0.25, 0.3) is 0 Å². The van der Waals surface area contributed by atoms with Crippen LogP contribution < -0.4 is 4.74 Å². The number of carboxylic acids is 1. The maximum absolute atomic E-state index is 12.3. The number of nitrogens with zero attached hydrogens (tertiary/aromatic N) is 1. The summed E-state index contributed by atoms with van der Waals surface area (Å²) in [5, 5.41) is 9.51. The molecule has 25 heavy (non-hydrogen) atoms. The molecule has 1 amide bonds. The maximum atomic E-state index is 12.3. The number of ether oxygens (including phenoxy) is 3. The third-order valence-electron chi connectivity index (χ3n) is 4.27. The molecule has 1 unspecified atom stereocenters. The van der Waals surface area contributed by atoms with Gasteiger partial charge in [0.25, 0.3) is 0 Å². The summed E-state index contributed by atoms with van der Waals surface area (Å²) in [5.74, 6) is -0.385. The van der Waals surface area contributed by atoms with Crippen LogP contribution in [0.2, 0.25) is 0 Å². The number of amides is 1. The highest BCUT2D eigenvalue weighted by atomic mass is 16.5. The molecule has 7 heteroatoms. The summed E-state index contributed by atoms with van der Waals surface area (Å²) in [6, 6.07) is 9.36. The van der Waals surface area contributed by atoms with Crippen molar-refractivity contribution in [2.45, 2.75) is 12.8 Å². The number of benzene rings is 1. The van der Waals surface area contributed by atoms with Gasteiger partial charge in [-0.25, -0.2) is 0 Å². The highest BCUT2D eigenvalue weighted by molar-refractivity contribution is 5.80. The van der Waals surface area contributed by atoms with Crippen LogP contribution in [0.15, 0.2) is 30.3 Å². The third kappa shape index (κ3) is 5.44. The lowest BCUT2D eigenvalue weighted by molar-refractivity contribution is -0.160. The van der Waals surface area contributed by atoms with Gasteiger partial charge in [-0.15, -0.1) is 0 Å². The van der Waals surface area contributed by atoms with Crippen LogP contribution in [0.3, 0.4) is 0 Å². The average Bonchev–Trinajstić information content (AvgIpc) is 2.62. The molecule has 1 atom stereocenters. The number of carbonyl (C=O) groups excluding carboxylic acids is 1. The first-order chi connectivity index (χ1) is 12.1. The lowest BCUT2D eigenvalue weighted by atomic mass is 9.80. The van der Waals surface area contributed by atoms with Crippen molar-refractivity contribution < 1.29 is 28.9 Å². The summed E-state index contributed by atoms with van der Waals surface area (Å²) >= 11 is 0. The topological polar surface area (TPSA) is 85.3 Å².